The molecule has 10 nitrogen and oxygen atoms in total. The summed E-state index contributed by atoms with van der Waals surface area (Å²) < 4.78 is 5.07. The third-order valence-electron chi connectivity index (χ3n) is 11.3. The van der Waals surface area contributed by atoms with Gasteiger partial charge >= 0.3 is 5.97 Å². The number of fused-ring (bicyclic) bond motifs is 1. The smallest absolute Gasteiger partial charge is 0.328 e. The maximum absolute atomic E-state index is 14.3. The number of methoxy groups -OCH3 is 1. The molecule has 3 heterocycles. The van der Waals surface area contributed by atoms with Crippen LogP contribution in [0.2, 0.25) is 0 Å². The summed E-state index contributed by atoms with van der Waals surface area (Å²) in [5, 5.41) is 6.12. The first-order valence-electron chi connectivity index (χ1n) is 20.8. The molecule has 11 heteroatoms. The van der Waals surface area contributed by atoms with E-state index in [1.807, 2.05) is 111 Å². The van der Waals surface area contributed by atoms with Gasteiger partial charge in [-0.2, -0.15) is 0 Å². The highest BCUT2D eigenvalue weighted by molar-refractivity contribution is 7.99. The second kappa shape index (κ2) is 21.8. The summed E-state index contributed by atoms with van der Waals surface area (Å²) in [6.45, 7) is 6.59. The average Bonchev–Trinajstić information content (AvgIpc) is 3.52. The summed E-state index contributed by atoms with van der Waals surface area (Å²) in [6.07, 6.45) is 6.54. The Hall–Kier alpha value is -4.64. The molecule has 0 aliphatic carbocycles. The molecule has 3 aliphatic rings. The number of esters is 1. The van der Waals surface area contributed by atoms with E-state index >= 15 is 0 Å². The van der Waals surface area contributed by atoms with Crippen molar-refractivity contribution in [2.75, 3.05) is 24.3 Å². The van der Waals surface area contributed by atoms with Gasteiger partial charge in [-0.05, 0) is 106 Å². The Morgan fingerprint density at radius 2 is 1.28 bits per heavy atom. The molecule has 57 heavy (non-hydrogen) atoms. The number of carbonyl (C=O) groups excluding carboxylic acids is 5. The third kappa shape index (κ3) is 11.5. The molecule has 3 aliphatic heterocycles. The first-order valence-corrected chi connectivity index (χ1v) is 21.9. The lowest BCUT2D eigenvalue weighted by atomic mass is 9.86. The van der Waals surface area contributed by atoms with Crippen LogP contribution in [-0.4, -0.2) is 77.4 Å². The van der Waals surface area contributed by atoms with E-state index in [1.165, 1.54) is 7.11 Å². The maximum atomic E-state index is 14.3. The molecule has 6 rings (SSSR count). The van der Waals surface area contributed by atoms with Gasteiger partial charge in [-0.1, -0.05) is 92.7 Å². The van der Waals surface area contributed by atoms with E-state index in [9.17, 15) is 24.0 Å². The van der Waals surface area contributed by atoms with Crippen molar-refractivity contribution >= 4 is 47.0 Å². The van der Waals surface area contributed by atoms with Crippen molar-refractivity contribution in [3.63, 3.8) is 0 Å². The second-order valence-electron chi connectivity index (χ2n) is 15.1. The van der Waals surface area contributed by atoms with Crippen LogP contribution in [0.5, 0.6) is 0 Å². The van der Waals surface area contributed by atoms with Crippen LogP contribution in [0, 0.1) is 18.8 Å². The fourth-order valence-corrected chi connectivity index (χ4v) is 9.65. The number of piperidine rings is 1. The largest absolute Gasteiger partial charge is 0.467 e. The van der Waals surface area contributed by atoms with E-state index in [4.69, 9.17) is 4.74 Å². The number of para-hydroxylation sites is 1. The Kier molecular flexibility index (Phi) is 16.6. The van der Waals surface area contributed by atoms with Crippen LogP contribution in [-0.2, 0) is 41.6 Å². The quantitative estimate of drug-likeness (QED) is 0.178. The first kappa shape index (κ1) is 43.5. The van der Waals surface area contributed by atoms with Crippen molar-refractivity contribution in [2.24, 2.45) is 11.8 Å². The van der Waals surface area contributed by atoms with Crippen LogP contribution in [0.4, 0.5) is 5.69 Å². The number of carbonyl (C=O) groups is 5. The molecule has 3 saturated heterocycles. The van der Waals surface area contributed by atoms with Crippen molar-refractivity contribution in [3.8, 4) is 0 Å². The summed E-state index contributed by atoms with van der Waals surface area (Å²) in [7, 11) is 1.34. The minimum absolute atomic E-state index is 0.100. The molecule has 6 atom stereocenters. The number of aryl methyl sites for hydroxylation is 1. The van der Waals surface area contributed by atoms with Crippen molar-refractivity contribution < 1.29 is 28.7 Å². The summed E-state index contributed by atoms with van der Waals surface area (Å²) in [4.78, 5) is 72.9. The Morgan fingerprint density at radius 3 is 1.86 bits per heavy atom. The standard InChI is InChI=1S/C44H54N4O6S.C2H6/c1-30-14-9-10-20-37(30)47-26-12-11-19-35(42(47)51)45-40(49)33(28-31-15-5-3-6-16-31)23-24-34(29-32-17-7-4-8-18-32)41(50)46-36-25-27-55-39-22-13-21-38(44(53)54-2)48(39)43(36)52;1-2/h3-10,14-18,20,33-36,38-39H,11-13,19,21-29H2,1-2H3,(H,45,49)(H,46,50);1-2H3/t33?,34?,35?,36?,38?,39-;/m0./s1. The van der Waals surface area contributed by atoms with Crippen LogP contribution in [0.3, 0.4) is 0 Å². The molecular formula is C46H60N4O6S. The number of amides is 4. The number of anilines is 1. The normalized spacial score (nSPS) is 22.0. The summed E-state index contributed by atoms with van der Waals surface area (Å²) in [5.41, 5.74) is 3.86. The molecule has 0 aromatic heterocycles. The lowest BCUT2D eigenvalue weighted by Gasteiger charge is -2.40. The van der Waals surface area contributed by atoms with E-state index in [2.05, 4.69) is 10.6 Å². The number of benzene rings is 3. The van der Waals surface area contributed by atoms with Gasteiger partial charge in [-0.15, -0.1) is 11.8 Å². The number of nitrogens with zero attached hydrogens (tertiary/aromatic N) is 2. The van der Waals surface area contributed by atoms with Gasteiger partial charge in [0.05, 0.1) is 12.5 Å². The Balaban J connectivity index is 0.00000305. The predicted octanol–water partition coefficient (Wildman–Crippen LogP) is 7.02. The van der Waals surface area contributed by atoms with Gasteiger partial charge in [0, 0.05) is 24.1 Å². The summed E-state index contributed by atoms with van der Waals surface area (Å²) in [5.74, 6) is -1.57. The number of hydrogen-bond donors (Lipinski definition) is 2. The molecule has 0 spiro atoms. The molecule has 3 aromatic carbocycles. The van der Waals surface area contributed by atoms with E-state index in [0.717, 1.165) is 48.1 Å². The lowest BCUT2D eigenvalue weighted by Crippen LogP contribution is -2.57. The van der Waals surface area contributed by atoms with E-state index in [0.29, 0.717) is 57.2 Å². The Bertz CT molecular complexity index is 1790. The number of ether oxygens (including phenoxy) is 1. The molecule has 2 N–H and O–H groups in total. The maximum Gasteiger partial charge on any atom is 0.328 e. The first-order chi connectivity index (χ1) is 27.7. The van der Waals surface area contributed by atoms with Crippen molar-refractivity contribution in [1.82, 2.24) is 15.5 Å². The fraction of sp³-hybridized carbons (Fsp3) is 0.500. The van der Waals surface area contributed by atoms with Gasteiger partial charge in [-0.3, -0.25) is 19.2 Å². The van der Waals surface area contributed by atoms with Crippen molar-refractivity contribution in [1.29, 1.82) is 0 Å². The van der Waals surface area contributed by atoms with Crippen LogP contribution in [0.25, 0.3) is 0 Å². The van der Waals surface area contributed by atoms with Gasteiger partial charge in [0.25, 0.3) is 0 Å². The number of hydrogen-bond acceptors (Lipinski definition) is 7. The number of nitrogens with one attached hydrogen (secondary N) is 2. The molecule has 306 valence electrons. The Labute approximate surface area is 342 Å². The zero-order valence-corrected chi connectivity index (χ0v) is 34.8. The zero-order valence-electron chi connectivity index (χ0n) is 34.0. The van der Waals surface area contributed by atoms with E-state index < -0.39 is 35.9 Å². The molecule has 4 amide bonds. The van der Waals surface area contributed by atoms with Crippen LogP contribution in [0.15, 0.2) is 84.9 Å². The van der Waals surface area contributed by atoms with Crippen LogP contribution < -0.4 is 15.5 Å². The monoisotopic (exact) mass is 796 g/mol. The second-order valence-corrected chi connectivity index (χ2v) is 16.4. The molecule has 3 fully saturated rings. The highest BCUT2D eigenvalue weighted by atomic mass is 32.2. The van der Waals surface area contributed by atoms with Gasteiger partial charge in [0.2, 0.25) is 23.6 Å². The molecule has 0 bridgehead atoms. The van der Waals surface area contributed by atoms with Crippen molar-refractivity contribution in [3.05, 3.63) is 102 Å². The van der Waals surface area contributed by atoms with Gasteiger partial charge in [-0.25, -0.2) is 4.79 Å². The highest BCUT2D eigenvalue weighted by Crippen LogP contribution is 2.35. The van der Waals surface area contributed by atoms with Gasteiger partial charge in [0.1, 0.15) is 18.1 Å². The molecular weight excluding hydrogens is 737 g/mol. The summed E-state index contributed by atoms with van der Waals surface area (Å²) in [6, 6.07) is 25.4. The van der Waals surface area contributed by atoms with Crippen LogP contribution in [0.1, 0.15) is 88.3 Å². The summed E-state index contributed by atoms with van der Waals surface area (Å²) >= 11 is 1.65. The topological polar surface area (TPSA) is 125 Å². The number of thioether (sulfide) groups is 1. The van der Waals surface area contributed by atoms with Crippen LogP contribution >= 0.6 is 11.8 Å². The highest BCUT2D eigenvalue weighted by Gasteiger charge is 2.44. The lowest BCUT2D eigenvalue weighted by molar-refractivity contribution is -0.156. The molecule has 0 radical (unpaired) electrons. The third-order valence-corrected chi connectivity index (χ3v) is 12.6. The molecule has 0 saturated carbocycles. The zero-order chi connectivity index (χ0) is 40.7. The van der Waals surface area contributed by atoms with Gasteiger partial charge in [0.15, 0.2) is 0 Å². The Morgan fingerprint density at radius 1 is 0.719 bits per heavy atom. The fourth-order valence-electron chi connectivity index (χ4n) is 8.26. The number of rotatable bonds is 13. The van der Waals surface area contributed by atoms with Gasteiger partial charge < -0.3 is 25.2 Å². The van der Waals surface area contributed by atoms with E-state index in [1.54, 1.807) is 16.7 Å². The molecule has 5 unspecified atom stereocenters. The predicted molar refractivity (Wildman–Crippen MR) is 226 cm³/mol. The minimum atomic E-state index is -0.769. The average molecular weight is 797 g/mol. The minimum Gasteiger partial charge on any atom is -0.467 e. The SMILES string of the molecule is CC.COC(=O)C1CCC[C@@H]2SCCC(NC(=O)C(CCC(Cc3ccccc3)C(=O)NC3CCCCN(c4ccccc4C)C3=O)Cc3ccccc3)C(=O)N12. The molecule has 3 aromatic rings. The van der Waals surface area contributed by atoms with Crippen molar-refractivity contribution in [2.45, 2.75) is 115 Å². The van der Waals surface area contributed by atoms with E-state index in [-0.39, 0.29) is 29.0 Å².